The van der Waals surface area contributed by atoms with Crippen LogP contribution in [0.25, 0.3) is 0 Å². The number of aryl methyl sites for hydroxylation is 2. The van der Waals surface area contributed by atoms with Crippen molar-refractivity contribution in [3.63, 3.8) is 0 Å². The van der Waals surface area contributed by atoms with E-state index in [1.165, 1.54) is 36.1 Å². The molecule has 0 aliphatic carbocycles. The number of carbonyl (C=O) groups excluding carboxylic acids is 2. The summed E-state index contributed by atoms with van der Waals surface area (Å²) in [6, 6.07) is 13.0. The molecule has 3 rings (SSSR count). The maximum absolute atomic E-state index is 11.6. The van der Waals surface area contributed by atoms with Gasteiger partial charge in [0, 0.05) is 45.0 Å². The van der Waals surface area contributed by atoms with Crippen LogP contribution in [0.2, 0.25) is 0 Å². The van der Waals surface area contributed by atoms with Crippen LogP contribution in [0.4, 0.5) is 0 Å². The van der Waals surface area contributed by atoms with Gasteiger partial charge in [0.15, 0.2) is 0 Å². The monoisotopic (exact) mass is 622 g/mol. The second-order valence-electron chi connectivity index (χ2n) is 9.44. The Labute approximate surface area is 244 Å². The minimum atomic E-state index is -0.833. The van der Waals surface area contributed by atoms with E-state index in [0.717, 1.165) is 36.7 Å². The van der Waals surface area contributed by atoms with E-state index in [2.05, 4.69) is 66.2 Å². The molecule has 0 saturated carbocycles. The summed E-state index contributed by atoms with van der Waals surface area (Å²) in [7, 11) is 0. The zero-order valence-electron chi connectivity index (χ0n) is 23.9. The number of hydrogen-bond acceptors (Lipinski definition) is 7. The molecule has 3 unspecified atom stereocenters. The van der Waals surface area contributed by atoms with Gasteiger partial charge < -0.3 is 24.4 Å². The van der Waals surface area contributed by atoms with Gasteiger partial charge in [0.1, 0.15) is 12.7 Å². The van der Waals surface area contributed by atoms with Crippen LogP contribution in [0, 0.1) is 6.92 Å². The lowest BCUT2D eigenvalue weighted by molar-refractivity contribution is -0.169. The third kappa shape index (κ3) is 13.7. The molecule has 0 spiro atoms. The SMILES string of the molecule is CC(=O)O.CC(=O)O.CCc1ccc(Cc2cc(C3CC(OC(C)=O)CC(COC(C)=O)O3)c(Br)cc2C)cc1. The van der Waals surface area contributed by atoms with Crippen molar-refractivity contribution in [1.29, 1.82) is 0 Å². The van der Waals surface area contributed by atoms with Gasteiger partial charge in [-0.25, -0.2) is 0 Å². The topological polar surface area (TPSA) is 136 Å². The van der Waals surface area contributed by atoms with Gasteiger partial charge in [0.25, 0.3) is 11.9 Å². The highest BCUT2D eigenvalue weighted by atomic mass is 79.9. The molecule has 3 atom stereocenters. The molecule has 40 heavy (non-hydrogen) atoms. The predicted molar refractivity (Wildman–Crippen MR) is 153 cm³/mol. The molecular formula is C30H39BrO9. The number of hydrogen-bond donors (Lipinski definition) is 2. The Morgan fingerprint density at radius 1 is 0.925 bits per heavy atom. The first kappa shape index (κ1) is 34.8. The lowest BCUT2D eigenvalue weighted by Gasteiger charge is -2.35. The van der Waals surface area contributed by atoms with Crippen LogP contribution in [-0.2, 0) is 46.2 Å². The molecule has 220 valence electrons. The van der Waals surface area contributed by atoms with Gasteiger partial charge in [-0.1, -0.05) is 53.2 Å². The predicted octanol–water partition coefficient (Wildman–Crippen LogP) is 5.81. The molecule has 9 nitrogen and oxygen atoms in total. The van der Waals surface area contributed by atoms with E-state index >= 15 is 0 Å². The number of benzene rings is 2. The molecule has 0 radical (unpaired) electrons. The maximum Gasteiger partial charge on any atom is 0.302 e. The highest BCUT2D eigenvalue weighted by Gasteiger charge is 2.34. The van der Waals surface area contributed by atoms with Gasteiger partial charge in [-0.3, -0.25) is 19.2 Å². The summed E-state index contributed by atoms with van der Waals surface area (Å²) in [5, 5.41) is 14.8. The van der Waals surface area contributed by atoms with Crippen molar-refractivity contribution in [3.8, 4) is 0 Å². The van der Waals surface area contributed by atoms with E-state index in [1.54, 1.807) is 0 Å². The number of carbonyl (C=O) groups is 4. The minimum absolute atomic E-state index is 0.143. The summed E-state index contributed by atoms with van der Waals surface area (Å²) in [4.78, 5) is 40.9. The van der Waals surface area contributed by atoms with Crippen molar-refractivity contribution < 1.29 is 43.6 Å². The molecule has 1 saturated heterocycles. The van der Waals surface area contributed by atoms with Gasteiger partial charge in [0.2, 0.25) is 0 Å². The molecule has 1 aliphatic heterocycles. The lowest BCUT2D eigenvalue weighted by Crippen LogP contribution is -2.37. The number of rotatable bonds is 7. The van der Waals surface area contributed by atoms with Crippen molar-refractivity contribution in [1.82, 2.24) is 0 Å². The number of aliphatic carboxylic acids is 2. The average Bonchev–Trinajstić information content (AvgIpc) is 2.83. The summed E-state index contributed by atoms with van der Waals surface area (Å²) in [5.41, 5.74) is 6.02. The zero-order valence-corrected chi connectivity index (χ0v) is 25.4. The van der Waals surface area contributed by atoms with Crippen LogP contribution in [0.15, 0.2) is 40.9 Å². The normalized spacial score (nSPS) is 17.7. The minimum Gasteiger partial charge on any atom is -0.481 e. The fourth-order valence-electron chi connectivity index (χ4n) is 4.11. The van der Waals surface area contributed by atoms with Crippen LogP contribution in [0.5, 0.6) is 0 Å². The molecule has 2 aromatic carbocycles. The molecule has 2 N–H and O–H groups in total. The van der Waals surface area contributed by atoms with Crippen molar-refractivity contribution in [2.24, 2.45) is 0 Å². The summed E-state index contributed by atoms with van der Waals surface area (Å²) < 4.78 is 17.9. The maximum atomic E-state index is 11.6. The van der Waals surface area contributed by atoms with Crippen molar-refractivity contribution in [3.05, 3.63) is 68.7 Å². The van der Waals surface area contributed by atoms with E-state index in [4.69, 9.17) is 34.0 Å². The fraction of sp³-hybridized carbons (Fsp3) is 0.467. The van der Waals surface area contributed by atoms with Gasteiger partial charge in [-0.05, 0) is 53.6 Å². The molecule has 0 bridgehead atoms. The van der Waals surface area contributed by atoms with Crippen LogP contribution >= 0.6 is 15.9 Å². The third-order valence-corrected chi connectivity index (χ3v) is 6.48. The number of carboxylic acids is 2. The highest BCUT2D eigenvalue weighted by molar-refractivity contribution is 9.10. The van der Waals surface area contributed by atoms with Gasteiger partial charge >= 0.3 is 11.9 Å². The van der Waals surface area contributed by atoms with Gasteiger partial charge in [0.05, 0.1) is 12.2 Å². The number of ether oxygens (including phenoxy) is 3. The molecule has 2 aromatic rings. The summed E-state index contributed by atoms with van der Waals surface area (Å²) in [6.45, 7) is 9.36. The summed E-state index contributed by atoms with van der Waals surface area (Å²) in [6.07, 6.45) is 2.02. The second-order valence-corrected chi connectivity index (χ2v) is 10.3. The average molecular weight is 624 g/mol. The Morgan fingerprint density at radius 2 is 1.48 bits per heavy atom. The van der Waals surface area contributed by atoms with E-state index in [-0.39, 0.29) is 36.9 Å². The molecule has 0 amide bonds. The number of halogens is 1. The standard InChI is InChI=1S/C26H31BrO5.2C2H4O2/c1-5-19-6-8-20(9-7-19)11-21-12-24(25(27)10-16(21)2)26-14-22(31-18(4)29)13-23(32-26)15-30-17(3)28;2*1-2(3)4/h6-10,12,22-23,26H,5,11,13-15H2,1-4H3;2*1H3,(H,3,4). The first-order chi connectivity index (χ1) is 18.7. The number of carboxylic acid groups (broad SMARTS) is 2. The molecule has 0 aromatic heterocycles. The Kier molecular flexibility index (Phi) is 15.2. The molecular weight excluding hydrogens is 584 g/mol. The number of esters is 2. The highest BCUT2D eigenvalue weighted by Crippen LogP contribution is 2.38. The molecule has 10 heteroatoms. The Balaban J connectivity index is 0.000000883. The van der Waals surface area contributed by atoms with Gasteiger partial charge in [-0.15, -0.1) is 0 Å². The van der Waals surface area contributed by atoms with Crippen molar-refractivity contribution >= 4 is 39.8 Å². The lowest BCUT2D eigenvalue weighted by atomic mass is 9.92. The summed E-state index contributed by atoms with van der Waals surface area (Å²) in [5.74, 6) is -2.34. The fourth-order valence-corrected chi connectivity index (χ4v) is 4.82. The van der Waals surface area contributed by atoms with Crippen molar-refractivity contribution in [2.45, 2.75) is 85.5 Å². The summed E-state index contributed by atoms with van der Waals surface area (Å²) >= 11 is 3.70. The van der Waals surface area contributed by atoms with Crippen LogP contribution in [-0.4, -0.2) is 52.9 Å². The Bertz CT molecular complexity index is 1120. The first-order valence-corrected chi connectivity index (χ1v) is 13.7. The molecule has 1 aliphatic rings. The largest absolute Gasteiger partial charge is 0.481 e. The molecule has 1 fully saturated rings. The van der Waals surface area contributed by atoms with Crippen molar-refractivity contribution in [2.75, 3.05) is 6.61 Å². The van der Waals surface area contributed by atoms with Gasteiger partial charge in [-0.2, -0.15) is 0 Å². The van der Waals surface area contributed by atoms with E-state index in [0.29, 0.717) is 12.8 Å². The van der Waals surface area contributed by atoms with Crippen LogP contribution in [0.1, 0.15) is 81.4 Å². The van der Waals surface area contributed by atoms with E-state index < -0.39 is 11.9 Å². The first-order valence-electron chi connectivity index (χ1n) is 12.9. The molecule has 1 heterocycles. The Morgan fingerprint density at radius 3 is 1.98 bits per heavy atom. The third-order valence-electron chi connectivity index (χ3n) is 5.79. The Hall–Kier alpha value is -3.24. The van der Waals surface area contributed by atoms with E-state index in [9.17, 15) is 9.59 Å². The van der Waals surface area contributed by atoms with E-state index in [1.807, 2.05) is 0 Å². The van der Waals surface area contributed by atoms with Crippen LogP contribution in [0.3, 0.4) is 0 Å². The van der Waals surface area contributed by atoms with Crippen LogP contribution < -0.4 is 0 Å². The zero-order chi connectivity index (χ0) is 30.4. The quantitative estimate of drug-likeness (QED) is 0.366. The second kappa shape index (κ2) is 17.5. The smallest absolute Gasteiger partial charge is 0.302 e.